The standard InChI is InChI=1S/C24H28O8S/c1-10-8-32-21-19-13(20(27)18(7-16(19)25)33-9-17(26)23(30)31)6-15-12(22(28)29)2-3-14-11(10)4-5-24(14,15)21/h7,10-12,14-15,17,21,26H,2-6,8-9H2,1H3,(H,28,29)(H,30,31)/t10-,11-,12-,14+,15+,17+,21-,24-/m1/s1. The molecule has 0 radical (unpaired) electrons. The van der Waals surface area contributed by atoms with E-state index >= 15 is 0 Å². The van der Waals surface area contributed by atoms with Crippen molar-refractivity contribution in [3.8, 4) is 0 Å². The number of thioether (sulfide) groups is 1. The van der Waals surface area contributed by atoms with E-state index in [0.717, 1.165) is 31.0 Å². The van der Waals surface area contributed by atoms with Crippen LogP contribution >= 0.6 is 11.8 Å². The van der Waals surface area contributed by atoms with Crippen molar-refractivity contribution in [2.45, 2.75) is 51.2 Å². The summed E-state index contributed by atoms with van der Waals surface area (Å²) in [4.78, 5) is 50.1. The minimum atomic E-state index is -1.65. The SMILES string of the molecule is C[C@@H]1CO[C@@H]2C3=C(C[C@H]4[C@H](C(=O)O)CC[C@H]5[C@@H]1CC[C@@]254)C(=O)C(SC[C@H](O)C(=O)O)=CC3=O. The summed E-state index contributed by atoms with van der Waals surface area (Å²) in [5, 5.41) is 28.6. The molecule has 178 valence electrons. The van der Waals surface area contributed by atoms with Crippen molar-refractivity contribution in [1.29, 1.82) is 0 Å². The summed E-state index contributed by atoms with van der Waals surface area (Å²) < 4.78 is 6.38. The molecule has 5 aliphatic rings. The zero-order valence-corrected chi connectivity index (χ0v) is 19.2. The maximum absolute atomic E-state index is 13.4. The van der Waals surface area contributed by atoms with Crippen LogP contribution in [0.2, 0.25) is 0 Å². The van der Waals surface area contributed by atoms with E-state index in [2.05, 4.69) is 6.92 Å². The Bertz CT molecular complexity index is 998. The topological polar surface area (TPSA) is 138 Å². The first-order chi connectivity index (χ1) is 15.7. The summed E-state index contributed by atoms with van der Waals surface area (Å²) in [7, 11) is 0. The van der Waals surface area contributed by atoms with Crippen LogP contribution in [0, 0.1) is 35.0 Å². The number of ketones is 2. The van der Waals surface area contributed by atoms with E-state index in [0.29, 0.717) is 36.0 Å². The summed E-state index contributed by atoms with van der Waals surface area (Å²) in [5.74, 6) is -3.05. The summed E-state index contributed by atoms with van der Waals surface area (Å²) in [6.45, 7) is 2.64. The van der Waals surface area contributed by atoms with Crippen molar-refractivity contribution in [2.75, 3.05) is 12.4 Å². The maximum atomic E-state index is 13.4. The number of Topliss-reactive ketones (excluding diaryl/α,β-unsaturated/α-hetero) is 1. The highest BCUT2D eigenvalue weighted by Gasteiger charge is 2.67. The molecular weight excluding hydrogens is 448 g/mol. The van der Waals surface area contributed by atoms with Crippen LogP contribution in [0.4, 0.5) is 0 Å². The number of carboxylic acid groups (broad SMARTS) is 2. The molecule has 0 aromatic carbocycles. The Labute approximate surface area is 195 Å². The molecule has 0 aromatic heterocycles. The molecule has 3 N–H and O–H groups in total. The van der Waals surface area contributed by atoms with Crippen LogP contribution < -0.4 is 0 Å². The number of ether oxygens (including phenoxy) is 1. The number of hydrogen-bond donors (Lipinski definition) is 3. The number of fused-ring (bicyclic) bond motifs is 1. The number of carbonyl (C=O) groups is 4. The third-order valence-electron chi connectivity index (χ3n) is 8.86. The summed E-state index contributed by atoms with van der Waals surface area (Å²) in [6, 6.07) is 0. The van der Waals surface area contributed by atoms with Crippen LogP contribution in [0.25, 0.3) is 0 Å². The van der Waals surface area contributed by atoms with Gasteiger partial charge < -0.3 is 20.1 Å². The van der Waals surface area contributed by atoms with Gasteiger partial charge in [-0.2, -0.15) is 0 Å². The second kappa shape index (κ2) is 8.06. The quantitative estimate of drug-likeness (QED) is 0.509. The maximum Gasteiger partial charge on any atom is 0.333 e. The predicted octanol–water partition coefficient (Wildman–Crippen LogP) is 2.06. The molecule has 1 heterocycles. The fourth-order valence-electron chi connectivity index (χ4n) is 7.53. The van der Waals surface area contributed by atoms with Crippen LogP contribution in [0.1, 0.15) is 39.0 Å². The van der Waals surface area contributed by atoms with Crippen molar-refractivity contribution in [3.05, 3.63) is 22.1 Å². The fourth-order valence-corrected chi connectivity index (χ4v) is 8.45. The van der Waals surface area contributed by atoms with Gasteiger partial charge in [0.2, 0.25) is 0 Å². The lowest BCUT2D eigenvalue weighted by molar-refractivity contribution is -0.159. The first-order valence-corrected chi connectivity index (χ1v) is 12.6. The molecule has 1 aliphatic heterocycles. The van der Waals surface area contributed by atoms with E-state index in [1.165, 1.54) is 6.08 Å². The highest BCUT2D eigenvalue weighted by Crippen LogP contribution is 2.68. The molecule has 9 heteroatoms. The van der Waals surface area contributed by atoms with Gasteiger partial charge in [-0.15, -0.1) is 11.8 Å². The molecule has 4 aliphatic carbocycles. The molecule has 8 nitrogen and oxygen atoms in total. The number of aliphatic carboxylic acids is 2. The normalized spacial score (nSPS) is 40.5. The zero-order valence-electron chi connectivity index (χ0n) is 18.4. The van der Waals surface area contributed by atoms with Crippen LogP contribution in [0.3, 0.4) is 0 Å². The van der Waals surface area contributed by atoms with Gasteiger partial charge in [-0.25, -0.2) is 4.79 Å². The number of aliphatic hydroxyl groups excluding tert-OH is 1. The average molecular weight is 477 g/mol. The Hall–Kier alpha value is -1.97. The van der Waals surface area contributed by atoms with Gasteiger partial charge in [0.1, 0.15) is 0 Å². The summed E-state index contributed by atoms with van der Waals surface area (Å²) in [6.07, 6.45) is 2.40. The van der Waals surface area contributed by atoms with Crippen molar-refractivity contribution >= 4 is 35.3 Å². The Kier molecular flexibility index (Phi) is 5.57. The number of carboxylic acids is 2. The van der Waals surface area contributed by atoms with E-state index in [9.17, 15) is 29.4 Å². The van der Waals surface area contributed by atoms with Crippen LogP contribution in [0.5, 0.6) is 0 Å². The molecule has 3 fully saturated rings. The van der Waals surface area contributed by atoms with Crippen molar-refractivity contribution < 1.29 is 39.2 Å². The summed E-state index contributed by atoms with van der Waals surface area (Å²) >= 11 is 0.847. The second-order valence-electron chi connectivity index (χ2n) is 10.2. The minimum Gasteiger partial charge on any atom is -0.481 e. The number of carbonyl (C=O) groups excluding carboxylic acids is 2. The minimum absolute atomic E-state index is 0.0977. The van der Waals surface area contributed by atoms with E-state index < -0.39 is 35.5 Å². The van der Waals surface area contributed by atoms with Crippen LogP contribution in [-0.4, -0.2) is 63.4 Å². The van der Waals surface area contributed by atoms with Crippen molar-refractivity contribution in [3.63, 3.8) is 0 Å². The molecular formula is C24H28O8S. The van der Waals surface area contributed by atoms with Gasteiger partial charge in [0.25, 0.3) is 0 Å². The highest BCUT2D eigenvalue weighted by atomic mass is 32.2. The van der Waals surface area contributed by atoms with Crippen molar-refractivity contribution in [2.24, 2.45) is 35.0 Å². The monoisotopic (exact) mass is 476 g/mol. The lowest BCUT2D eigenvalue weighted by atomic mass is 9.48. The third-order valence-corrected chi connectivity index (χ3v) is 9.96. The van der Waals surface area contributed by atoms with Gasteiger partial charge in [0.05, 0.1) is 23.5 Å². The van der Waals surface area contributed by atoms with Gasteiger partial charge in [0, 0.05) is 28.4 Å². The van der Waals surface area contributed by atoms with Gasteiger partial charge >= 0.3 is 11.9 Å². The van der Waals surface area contributed by atoms with E-state index in [1.807, 2.05) is 0 Å². The van der Waals surface area contributed by atoms with Crippen LogP contribution in [-0.2, 0) is 23.9 Å². The second-order valence-corrected chi connectivity index (χ2v) is 11.3. The average Bonchev–Trinajstić information content (AvgIpc) is 3.10. The molecule has 33 heavy (non-hydrogen) atoms. The Balaban J connectivity index is 1.56. The molecule has 8 atom stereocenters. The van der Waals surface area contributed by atoms with E-state index in [1.54, 1.807) is 0 Å². The van der Waals surface area contributed by atoms with Gasteiger partial charge in [-0.05, 0) is 55.8 Å². The number of rotatable bonds is 5. The predicted molar refractivity (Wildman–Crippen MR) is 117 cm³/mol. The largest absolute Gasteiger partial charge is 0.481 e. The first-order valence-electron chi connectivity index (χ1n) is 11.6. The third kappa shape index (κ3) is 3.26. The molecule has 2 bridgehead atoms. The van der Waals surface area contributed by atoms with Crippen LogP contribution in [0.15, 0.2) is 22.1 Å². The molecule has 0 aromatic rings. The molecule has 0 unspecified atom stereocenters. The molecule has 0 amide bonds. The van der Waals surface area contributed by atoms with Gasteiger partial charge in [0.15, 0.2) is 17.7 Å². The lowest BCUT2D eigenvalue weighted by Gasteiger charge is -2.56. The smallest absolute Gasteiger partial charge is 0.333 e. The zero-order chi connectivity index (χ0) is 23.7. The van der Waals surface area contributed by atoms with E-state index in [-0.39, 0.29) is 40.5 Å². The van der Waals surface area contributed by atoms with E-state index in [4.69, 9.17) is 9.84 Å². The Morgan fingerprint density at radius 1 is 1.21 bits per heavy atom. The number of hydrogen-bond acceptors (Lipinski definition) is 7. The highest BCUT2D eigenvalue weighted by molar-refractivity contribution is 8.04. The Morgan fingerprint density at radius 3 is 2.67 bits per heavy atom. The molecule has 2 saturated carbocycles. The molecule has 1 spiro atoms. The lowest BCUT2D eigenvalue weighted by Crippen LogP contribution is -2.57. The first kappa shape index (κ1) is 22.8. The summed E-state index contributed by atoms with van der Waals surface area (Å²) in [5.41, 5.74) is 0.259. The number of allylic oxidation sites excluding steroid dienone is 3. The van der Waals surface area contributed by atoms with Gasteiger partial charge in [-0.1, -0.05) is 6.92 Å². The van der Waals surface area contributed by atoms with Gasteiger partial charge in [-0.3, -0.25) is 14.4 Å². The van der Waals surface area contributed by atoms with Crippen molar-refractivity contribution in [1.82, 2.24) is 0 Å². The fraction of sp³-hybridized carbons (Fsp3) is 0.667. The molecule has 1 saturated heterocycles. The molecule has 5 rings (SSSR count). The Morgan fingerprint density at radius 2 is 1.97 bits per heavy atom. The number of aliphatic hydroxyl groups is 1.